The smallest absolute Gasteiger partial charge is 0.361 e. The Labute approximate surface area is 357 Å². The molecule has 2 unspecified atom stereocenters. The van der Waals surface area contributed by atoms with E-state index in [2.05, 4.69) is 38.2 Å². The molecule has 0 radical (unpaired) electrons. The fourth-order valence-corrected chi connectivity index (χ4v) is 6.69. The van der Waals surface area contributed by atoms with E-state index < -0.39 is 24.3 Å². The maximum Gasteiger partial charge on any atom is 0.361 e. The van der Waals surface area contributed by atoms with E-state index >= 15 is 0 Å². The number of carboxylic acid groups (broad SMARTS) is 1. The van der Waals surface area contributed by atoms with Crippen LogP contribution in [0.4, 0.5) is 0 Å². The zero-order valence-corrected chi connectivity index (χ0v) is 38.5. The maximum absolute atomic E-state index is 12.8. The standard InChI is InChI=1S/C49H91NO8/c1-6-8-10-12-14-16-18-20-22-24-26-28-30-32-34-36-38-40-47(52)58-45(44-57-49(48(53)54)55-42-41-50(3,4)5)43-56-46(51)39-37-35-33-31-29-27-25-23-21-19-17-15-13-11-9-7-2/h14,16,20,22,45,49H,6-13,15,17-19,21,23-44H2,1-5H3/p+1/b16-14-,22-20-. The second-order valence-corrected chi connectivity index (χ2v) is 17.4. The summed E-state index contributed by atoms with van der Waals surface area (Å²) in [5.41, 5.74) is 0. The van der Waals surface area contributed by atoms with E-state index in [1.165, 1.54) is 128 Å². The average Bonchev–Trinajstić information content (AvgIpc) is 3.18. The Morgan fingerprint density at radius 2 is 0.931 bits per heavy atom. The highest BCUT2D eigenvalue weighted by atomic mass is 16.7. The lowest BCUT2D eigenvalue weighted by Gasteiger charge is -2.25. The zero-order chi connectivity index (χ0) is 42.8. The predicted octanol–water partition coefficient (Wildman–Crippen LogP) is 12.8. The van der Waals surface area contributed by atoms with Gasteiger partial charge in [-0.05, 0) is 44.9 Å². The van der Waals surface area contributed by atoms with Crippen molar-refractivity contribution in [3.05, 3.63) is 24.3 Å². The summed E-state index contributed by atoms with van der Waals surface area (Å²) in [4.78, 5) is 37.2. The van der Waals surface area contributed by atoms with Crippen molar-refractivity contribution in [3.63, 3.8) is 0 Å². The molecule has 0 aromatic heterocycles. The summed E-state index contributed by atoms with van der Waals surface area (Å²) in [5.74, 6) is -2.01. The number of unbranched alkanes of at least 4 members (excludes halogenated alkanes) is 25. The maximum atomic E-state index is 12.8. The molecule has 0 aliphatic carbocycles. The van der Waals surface area contributed by atoms with Crippen LogP contribution in [0, 0.1) is 0 Å². The topological polar surface area (TPSA) is 108 Å². The van der Waals surface area contributed by atoms with Crippen molar-refractivity contribution in [1.29, 1.82) is 0 Å². The van der Waals surface area contributed by atoms with Gasteiger partial charge in [0.1, 0.15) is 13.2 Å². The number of nitrogens with zero attached hydrogens (tertiary/aromatic N) is 1. The number of rotatable bonds is 44. The van der Waals surface area contributed by atoms with Gasteiger partial charge >= 0.3 is 17.9 Å². The van der Waals surface area contributed by atoms with Gasteiger partial charge < -0.3 is 28.5 Å². The lowest BCUT2D eigenvalue weighted by molar-refractivity contribution is -0.870. The monoisotopic (exact) mass is 823 g/mol. The molecule has 0 saturated heterocycles. The van der Waals surface area contributed by atoms with E-state index in [4.69, 9.17) is 18.9 Å². The molecule has 0 aliphatic heterocycles. The van der Waals surface area contributed by atoms with Crippen molar-refractivity contribution in [3.8, 4) is 0 Å². The molecule has 0 fully saturated rings. The van der Waals surface area contributed by atoms with Crippen molar-refractivity contribution in [2.45, 2.75) is 225 Å². The summed E-state index contributed by atoms with van der Waals surface area (Å²) in [7, 11) is 5.96. The Bertz CT molecular complexity index is 1010. The van der Waals surface area contributed by atoms with E-state index in [1.807, 2.05) is 21.1 Å². The number of likely N-dealkylation sites (N-methyl/N-ethyl adjacent to an activating group) is 1. The molecule has 0 aromatic carbocycles. The SMILES string of the molecule is CCCCC/C=C\C/C=C\CCCCCCCCCC(=O)OC(COC(=O)CCCCCCCCCCCCCCCCCC)COC(OCC[N+](C)(C)C)C(=O)O. The fraction of sp³-hybridized carbons (Fsp3) is 0.857. The van der Waals surface area contributed by atoms with Crippen LogP contribution in [0.15, 0.2) is 24.3 Å². The minimum atomic E-state index is -1.51. The molecule has 0 bridgehead atoms. The van der Waals surface area contributed by atoms with Crippen LogP contribution in [0.3, 0.4) is 0 Å². The molecule has 0 heterocycles. The third-order valence-electron chi connectivity index (χ3n) is 10.5. The van der Waals surface area contributed by atoms with Crippen molar-refractivity contribution >= 4 is 17.9 Å². The summed E-state index contributed by atoms with van der Waals surface area (Å²) in [6.07, 6.45) is 42.3. The van der Waals surface area contributed by atoms with Crippen molar-refractivity contribution < 1.29 is 42.9 Å². The highest BCUT2D eigenvalue weighted by molar-refractivity contribution is 5.71. The fourth-order valence-electron chi connectivity index (χ4n) is 6.69. The Morgan fingerprint density at radius 3 is 1.40 bits per heavy atom. The van der Waals surface area contributed by atoms with Crippen molar-refractivity contribution in [1.82, 2.24) is 0 Å². The summed E-state index contributed by atoms with van der Waals surface area (Å²) in [6.45, 7) is 4.86. The normalized spacial score (nSPS) is 13.1. The van der Waals surface area contributed by atoms with Crippen LogP contribution in [0.5, 0.6) is 0 Å². The Morgan fingerprint density at radius 1 is 0.517 bits per heavy atom. The van der Waals surface area contributed by atoms with Crippen LogP contribution in [-0.4, -0.2) is 87.4 Å². The number of carboxylic acids is 1. The van der Waals surface area contributed by atoms with E-state index in [9.17, 15) is 19.5 Å². The molecule has 9 nitrogen and oxygen atoms in total. The molecule has 0 aliphatic rings. The highest BCUT2D eigenvalue weighted by Crippen LogP contribution is 2.15. The summed E-state index contributed by atoms with van der Waals surface area (Å²) in [5, 5.41) is 9.65. The van der Waals surface area contributed by atoms with Crippen LogP contribution in [-0.2, 0) is 33.3 Å². The molecule has 0 aromatic rings. The van der Waals surface area contributed by atoms with Gasteiger partial charge in [0.15, 0.2) is 6.10 Å². The Kier molecular flexibility index (Phi) is 39.9. The lowest BCUT2D eigenvalue weighted by atomic mass is 10.0. The number of hydrogen-bond acceptors (Lipinski definition) is 7. The molecule has 0 spiro atoms. The quantitative estimate of drug-likeness (QED) is 0.0213. The first-order valence-corrected chi connectivity index (χ1v) is 24.0. The van der Waals surface area contributed by atoms with Gasteiger partial charge in [0, 0.05) is 12.8 Å². The van der Waals surface area contributed by atoms with Crippen LogP contribution in [0.25, 0.3) is 0 Å². The third kappa shape index (κ3) is 41.9. The highest BCUT2D eigenvalue weighted by Gasteiger charge is 2.25. The number of carbonyl (C=O) groups is 3. The number of quaternary nitrogens is 1. The van der Waals surface area contributed by atoms with E-state index in [1.54, 1.807) is 0 Å². The van der Waals surface area contributed by atoms with E-state index in [0.717, 1.165) is 51.4 Å². The van der Waals surface area contributed by atoms with Gasteiger partial charge in [-0.25, -0.2) is 4.79 Å². The second kappa shape index (κ2) is 41.5. The molecular formula is C49H92NO8+. The summed E-state index contributed by atoms with van der Waals surface area (Å²) in [6, 6.07) is 0. The van der Waals surface area contributed by atoms with Crippen molar-refractivity contribution in [2.75, 3.05) is 47.5 Å². The largest absolute Gasteiger partial charge is 0.477 e. The molecule has 340 valence electrons. The van der Waals surface area contributed by atoms with Gasteiger partial charge in [-0.2, -0.15) is 0 Å². The van der Waals surface area contributed by atoms with E-state index in [0.29, 0.717) is 23.9 Å². The second-order valence-electron chi connectivity index (χ2n) is 17.4. The van der Waals surface area contributed by atoms with E-state index in [-0.39, 0.29) is 32.2 Å². The van der Waals surface area contributed by atoms with Crippen LogP contribution >= 0.6 is 0 Å². The number of allylic oxidation sites excluding steroid dienone is 4. The first kappa shape index (κ1) is 55.8. The van der Waals surface area contributed by atoms with Crippen LogP contribution < -0.4 is 0 Å². The number of hydrogen-bond donors (Lipinski definition) is 1. The summed E-state index contributed by atoms with van der Waals surface area (Å²) >= 11 is 0. The number of aliphatic carboxylic acids is 1. The predicted molar refractivity (Wildman–Crippen MR) is 240 cm³/mol. The molecule has 0 rings (SSSR count). The van der Waals surface area contributed by atoms with Gasteiger partial charge in [-0.3, -0.25) is 9.59 Å². The molecule has 2 atom stereocenters. The third-order valence-corrected chi connectivity index (χ3v) is 10.5. The minimum Gasteiger partial charge on any atom is -0.477 e. The minimum absolute atomic E-state index is 0.181. The van der Waals surface area contributed by atoms with Crippen LogP contribution in [0.2, 0.25) is 0 Å². The number of esters is 2. The molecular weight excluding hydrogens is 731 g/mol. The lowest BCUT2D eigenvalue weighted by Crippen LogP contribution is -2.40. The first-order valence-electron chi connectivity index (χ1n) is 24.0. The Hall–Kier alpha value is -2.23. The molecule has 0 amide bonds. The molecule has 0 saturated carbocycles. The van der Waals surface area contributed by atoms with Gasteiger partial charge in [0.25, 0.3) is 6.29 Å². The zero-order valence-electron chi connectivity index (χ0n) is 38.5. The van der Waals surface area contributed by atoms with Crippen molar-refractivity contribution in [2.24, 2.45) is 0 Å². The molecule has 9 heteroatoms. The Balaban J connectivity index is 4.39. The molecule has 58 heavy (non-hydrogen) atoms. The number of ether oxygens (including phenoxy) is 4. The van der Waals surface area contributed by atoms with Gasteiger partial charge in [0.2, 0.25) is 0 Å². The van der Waals surface area contributed by atoms with Gasteiger partial charge in [-0.1, -0.05) is 179 Å². The molecule has 1 N–H and O–H groups in total. The number of carbonyl (C=O) groups excluding carboxylic acids is 2. The van der Waals surface area contributed by atoms with Gasteiger partial charge in [-0.15, -0.1) is 0 Å². The van der Waals surface area contributed by atoms with Crippen LogP contribution in [0.1, 0.15) is 213 Å². The van der Waals surface area contributed by atoms with Gasteiger partial charge in [0.05, 0.1) is 34.4 Å². The average molecular weight is 823 g/mol. The first-order chi connectivity index (χ1) is 28.1. The summed E-state index contributed by atoms with van der Waals surface area (Å²) < 4.78 is 22.8.